The first-order chi connectivity index (χ1) is 19.1. The summed E-state index contributed by atoms with van der Waals surface area (Å²) in [5.74, 6) is 0.174. The maximum Gasteiger partial charge on any atom is 0.240 e. The molecule has 1 atom stereocenters. The number of likely N-dealkylation sites (tertiary alicyclic amines) is 1. The second-order valence-corrected chi connectivity index (χ2v) is 10.5. The standard InChI is InChI=1S/C32H32ClN5O/c33-29-10-4-8-28(18-29)22-37-17-15-31(32(37)39)36(16-5-9-25-6-2-1-3-7-25)23-30-20-35-24-38(30)21-27-13-11-26(19-34)12-14-27/h1-4,6-8,10-14,18,20,24,31H,5,9,15-17,21-23H2/t31-/m1/s1. The first kappa shape index (κ1) is 26.7. The van der Waals surface area contributed by atoms with Crippen LogP contribution >= 0.6 is 11.6 Å². The average Bonchev–Trinajstić information content (AvgIpc) is 3.54. The molecule has 2 heterocycles. The smallest absolute Gasteiger partial charge is 0.240 e. The second kappa shape index (κ2) is 12.8. The van der Waals surface area contributed by atoms with Crippen molar-refractivity contribution in [1.29, 1.82) is 5.26 Å². The molecule has 1 aliphatic rings. The number of nitriles is 1. The van der Waals surface area contributed by atoms with Crippen LogP contribution in [0.1, 0.15) is 40.8 Å². The molecule has 0 saturated carbocycles. The molecular weight excluding hydrogens is 506 g/mol. The first-order valence-corrected chi connectivity index (χ1v) is 13.8. The highest BCUT2D eigenvalue weighted by Gasteiger charge is 2.36. The monoisotopic (exact) mass is 537 g/mol. The Morgan fingerprint density at radius 2 is 1.77 bits per heavy atom. The Morgan fingerprint density at radius 1 is 0.974 bits per heavy atom. The van der Waals surface area contributed by atoms with E-state index in [0.717, 1.165) is 49.2 Å². The van der Waals surface area contributed by atoms with E-state index >= 15 is 0 Å². The summed E-state index contributed by atoms with van der Waals surface area (Å²) in [5, 5.41) is 9.79. The maximum atomic E-state index is 13.6. The van der Waals surface area contributed by atoms with Crippen LogP contribution in [0, 0.1) is 11.3 Å². The molecule has 4 aromatic rings. The van der Waals surface area contributed by atoms with Gasteiger partial charge in [-0.05, 0) is 66.8 Å². The van der Waals surface area contributed by atoms with E-state index in [9.17, 15) is 4.79 Å². The number of benzene rings is 3. The van der Waals surface area contributed by atoms with Gasteiger partial charge in [-0.2, -0.15) is 5.26 Å². The number of aryl methyl sites for hydroxylation is 1. The summed E-state index contributed by atoms with van der Waals surface area (Å²) in [6.07, 6.45) is 6.48. The third kappa shape index (κ3) is 6.94. The zero-order valence-corrected chi connectivity index (χ0v) is 22.7. The second-order valence-electron chi connectivity index (χ2n) is 10.1. The molecule has 1 aromatic heterocycles. The maximum absolute atomic E-state index is 13.6. The van der Waals surface area contributed by atoms with E-state index in [1.807, 2.05) is 72.0 Å². The molecule has 5 rings (SSSR count). The summed E-state index contributed by atoms with van der Waals surface area (Å²) in [4.78, 5) is 22.4. The zero-order valence-electron chi connectivity index (χ0n) is 21.9. The quantitative estimate of drug-likeness (QED) is 0.246. The number of rotatable bonds is 11. The van der Waals surface area contributed by atoms with Crippen molar-refractivity contribution in [3.8, 4) is 6.07 Å². The van der Waals surface area contributed by atoms with Gasteiger partial charge in [-0.3, -0.25) is 9.69 Å². The summed E-state index contributed by atoms with van der Waals surface area (Å²) in [6.45, 7) is 3.43. The Kier molecular flexibility index (Phi) is 8.72. The number of nitrogens with zero attached hydrogens (tertiary/aromatic N) is 5. The number of aromatic nitrogens is 2. The number of carbonyl (C=O) groups is 1. The Balaban J connectivity index is 1.30. The molecule has 1 amide bonds. The first-order valence-electron chi connectivity index (χ1n) is 13.4. The van der Waals surface area contributed by atoms with Gasteiger partial charge in [-0.15, -0.1) is 0 Å². The van der Waals surface area contributed by atoms with Crippen LogP contribution in [-0.2, 0) is 30.8 Å². The molecule has 7 heteroatoms. The van der Waals surface area contributed by atoms with Crippen LogP contribution in [0.3, 0.4) is 0 Å². The van der Waals surface area contributed by atoms with E-state index in [-0.39, 0.29) is 11.9 Å². The molecule has 198 valence electrons. The molecule has 0 radical (unpaired) electrons. The fourth-order valence-corrected chi connectivity index (χ4v) is 5.47. The van der Waals surface area contributed by atoms with Gasteiger partial charge >= 0.3 is 0 Å². The molecule has 1 aliphatic heterocycles. The van der Waals surface area contributed by atoms with Crippen molar-refractivity contribution in [3.63, 3.8) is 0 Å². The number of halogens is 1. The van der Waals surface area contributed by atoms with E-state index in [0.29, 0.717) is 30.2 Å². The number of amides is 1. The lowest BCUT2D eigenvalue weighted by Crippen LogP contribution is -2.42. The van der Waals surface area contributed by atoms with Gasteiger partial charge in [0.25, 0.3) is 0 Å². The normalized spacial score (nSPS) is 15.2. The average molecular weight is 538 g/mol. The van der Waals surface area contributed by atoms with Crippen LogP contribution in [0.2, 0.25) is 5.02 Å². The summed E-state index contributed by atoms with van der Waals surface area (Å²) in [7, 11) is 0. The van der Waals surface area contributed by atoms with Gasteiger partial charge in [-0.1, -0.05) is 66.2 Å². The largest absolute Gasteiger partial charge is 0.337 e. The minimum absolute atomic E-state index is 0.168. The molecule has 1 fully saturated rings. The number of hydrogen-bond acceptors (Lipinski definition) is 4. The minimum atomic E-state index is -0.168. The number of hydrogen-bond donors (Lipinski definition) is 0. The van der Waals surface area contributed by atoms with E-state index in [2.05, 4.69) is 44.8 Å². The Morgan fingerprint density at radius 3 is 2.54 bits per heavy atom. The van der Waals surface area contributed by atoms with Crippen LogP contribution in [0.4, 0.5) is 0 Å². The van der Waals surface area contributed by atoms with Crippen molar-refractivity contribution in [3.05, 3.63) is 124 Å². The summed E-state index contributed by atoms with van der Waals surface area (Å²) >= 11 is 6.19. The van der Waals surface area contributed by atoms with E-state index in [4.69, 9.17) is 16.9 Å². The van der Waals surface area contributed by atoms with Gasteiger partial charge in [0, 0.05) is 37.4 Å². The predicted octanol–water partition coefficient (Wildman–Crippen LogP) is 5.69. The summed E-state index contributed by atoms with van der Waals surface area (Å²) in [5.41, 5.74) is 5.18. The summed E-state index contributed by atoms with van der Waals surface area (Å²) in [6, 6.07) is 27.9. The number of imidazole rings is 1. The van der Waals surface area contributed by atoms with Gasteiger partial charge in [-0.25, -0.2) is 4.98 Å². The van der Waals surface area contributed by atoms with Crippen LogP contribution < -0.4 is 0 Å². The lowest BCUT2D eigenvalue weighted by molar-refractivity contribution is -0.132. The van der Waals surface area contributed by atoms with Crippen LogP contribution in [0.25, 0.3) is 0 Å². The molecule has 39 heavy (non-hydrogen) atoms. The molecule has 0 aliphatic carbocycles. The van der Waals surface area contributed by atoms with E-state index in [1.165, 1.54) is 5.56 Å². The van der Waals surface area contributed by atoms with Crippen molar-refractivity contribution in [2.75, 3.05) is 13.1 Å². The third-order valence-electron chi connectivity index (χ3n) is 7.33. The zero-order chi connectivity index (χ0) is 27.0. The molecule has 6 nitrogen and oxygen atoms in total. The van der Waals surface area contributed by atoms with Crippen LogP contribution in [0.15, 0.2) is 91.4 Å². The lowest BCUT2D eigenvalue weighted by Gasteiger charge is -2.28. The summed E-state index contributed by atoms with van der Waals surface area (Å²) < 4.78 is 2.13. The van der Waals surface area contributed by atoms with Gasteiger partial charge < -0.3 is 9.47 Å². The van der Waals surface area contributed by atoms with Crippen LogP contribution in [0.5, 0.6) is 0 Å². The van der Waals surface area contributed by atoms with Gasteiger partial charge in [0.2, 0.25) is 5.91 Å². The fraction of sp³-hybridized carbons (Fsp3) is 0.281. The highest BCUT2D eigenvalue weighted by Crippen LogP contribution is 2.24. The van der Waals surface area contributed by atoms with Gasteiger partial charge in [0.05, 0.1) is 29.7 Å². The van der Waals surface area contributed by atoms with Crippen molar-refractivity contribution >= 4 is 17.5 Å². The molecule has 3 aromatic carbocycles. The van der Waals surface area contributed by atoms with Crippen LogP contribution in [-0.4, -0.2) is 44.4 Å². The van der Waals surface area contributed by atoms with Crippen molar-refractivity contribution < 1.29 is 4.79 Å². The van der Waals surface area contributed by atoms with E-state index < -0.39 is 0 Å². The van der Waals surface area contributed by atoms with Crippen molar-refractivity contribution in [1.82, 2.24) is 19.4 Å². The molecular formula is C32H32ClN5O. The number of carbonyl (C=O) groups excluding carboxylic acids is 1. The van der Waals surface area contributed by atoms with Gasteiger partial charge in [0.1, 0.15) is 0 Å². The molecule has 0 spiro atoms. The van der Waals surface area contributed by atoms with Gasteiger partial charge in [0.15, 0.2) is 0 Å². The highest BCUT2D eigenvalue weighted by molar-refractivity contribution is 6.30. The van der Waals surface area contributed by atoms with Crippen molar-refractivity contribution in [2.45, 2.75) is 44.9 Å². The molecule has 0 N–H and O–H groups in total. The molecule has 0 unspecified atom stereocenters. The predicted molar refractivity (Wildman–Crippen MR) is 153 cm³/mol. The lowest BCUT2D eigenvalue weighted by atomic mass is 10.1. The third-order valence-corrected chi connectivity index (χ3v) is 7.56. The SMILES string of the molecule is N#Cc1ccc(Cn2cncc2CN(CCCc2ccccc2)[C@@H]2CCN(Cc3cccc(Cl)c3)C2=O)cc1. The Hall–Kier alpha value is -3.92. The Bertz CT molecular complexity index is 1430. The van der Waals surface area contributed by atoms with E-state index in [1.54, 1.807) is 0 Å². The Labute approximate surface area is 235 Å². The van der Waals surface area contributed by atoms with Crippen molar-refractivity contribution in [2.24, 2.45) is 0 Å². The topological polar surface area (TPSA) is 65.2 Å². The highest BCUT2D eigenvalue weighted by atomic mass is 35.5. The minimum Gasteiger partial charge on any atom is -0.337 e. The fourth-order valence-electron chi connectivity index (χ4n) is 5.26. The molecule has 1 saturated heterocycles. The molecule has 0 bridgehead atoms.